The molecule has 0 unspecified atom stereocenters. The molecule has 1 saturated heterocycles. The molecule has 2 atom stereocenters. The van der Waals surface area contributed by atoms with Crippen LogP contribution in [0, 0.1) is 0 Å². The number of fused-ring (bicyclic) bond motifs is 1. The average Bonchev–Trinajstić information content (AvgIpc) is 3.33. The summed E-state index contributed by atoms with van der Waals surface area (Å²) in [5, 5.41) is 11.3. The fraction of sp³-hybridized carbons (Fsp3) is 0.500. The van der Waals surface area contributed by atoms with Crippen LogP contribution in [0.3, 0.4) is 0 Å². The Hall–Kier alpha value is -3.43. The molecule has 10 heteroatoms. The van der Waals surface area contributed by atoms with Crippen LogP contribution in [-0.2, 0) is 4.74 Å². The van der Waals surface area contributed by atoms with E-state index in [1.165, 1.54) is 11.3 Å². The van der Waals surface area contributed by atoms with Crippen LogP contribution in [0.1, 0.15) is 40.0 Å². The minimum absolute atomic E-state index is 0.0137. The van der Waals surface area contributed by atoms with Crippen LogP contribution in [0.15, 0.2) is 36.5 Å². The molecule has 4 heterocycles. The summed E-state index contributed by atoms with van der Waals surface area (Å²) in [5.74, 6) is 1.33. The monoisotopic (exact) mass is 467 g/mol. The Balaban J connectivity index is 1.31. The van der Waals surface area contributed by atoms with Crippen LogP contribution < -0.4 is 10.6 Å². The molecular formula is C24H30FN7O2. The van der Waals surface area contributed by atoms with Gasteiger partial charge in [-0.25, -0.2) is 23.7 Å². The molecule has 0 bridgehead atoms. The normalized spacial score (nSPS) is 20.9. The van der Waals surface area contributed by atoms with Gasteiger partial charge in [-0.1, -0.05) is 6.07 Å². The van der Waals surface area contributed by atoms with Gasteiger partial charge in [-0.3, -0.25) is 0 Å². The van der Waals surface area contributed by atoms with E-state index >= 15 is 0 Å². The largest absolute Gasteiger partial charge is 0.444 e. The molecule has 3 aromatic rings. The second-order valence-corrected chi connectivity index (χ2v) is 9.96. The molecule has 9 nitrogen and oxygen atoms in total. The Labute approximate surface area is 197 Å². The number of nitrogens with one attached hydrogen (secondary N) is 2. The lowest BCUT2D eigenvalue weighted by Crippen LogP contribution is -2.36. The lowest BCUT2D eigenvalue weighted by atomic mass is 9.93. The first-order valence-corrected chi connectivity index (χ1v) is 11.7. The average molecular weight is 468 g/mol. The number of anilines is 2. The third-order valence-electron chi connectivity index (χ3n) is 6.06. The van der Waals surface area contributed by atoms with E-state index in [9.17, 15) is 9.18 Å². The van der Waals surface area contributed by atoms with Crippen molar-refractivity contribution >= 4 is 23.4 Å². The van der Waals surface area contributed by atoms with Crippen molar-refractivity contribution in [1.82, 2.24) is 24.5 Å². The number of aromatic nitrogens is 4. The summed E-state index contributed by atoms with van der Waals surface area (Å²) >= 11 is 0. The summed E-state index contributed by atoms with van der Waals surface area (Å²) < 4.78 is 21.9. The zero-order valence-corrected chi connectivity index (χ0v) is 19.7. The standard InChI is InChI=1S/C24H30FN7O2/c1-24(2,3)34-23(33)31-13-16(25)18(14-31)29-20-9-5-8-17(28-20)19-12-26-22-11-10-21(30-32(19)22)27-15-6-4-7-15/h5,8-12,15-16,18H,4,6-7,13-14H2,1-3H3,(H,27,30)(H,28,29)/t16-,18-/m0/s1. The number of rotatable bonds is 5. The molecule has 1 saturated carbocycles. The molecule has 34 heavy (non-hydrogen) atoms. The van der Waals surface area contributed by atoms with Gasteiger partial charge in [-0.05, 0) is 64.3 Å². The molecule has 5 rings (SSSR count). The number of nitrogens with zero attached hydrogens (tertiary/aromatic N) is 5. The van der Waals surface area contributed by atoms with Crippen molar-refractivity contribution in [1.29, 1.82) is 0 Å². The number of alkyl halides is 1. The number of likely N-dealkylation sites (tertiary alicyclic amines) is 1. The van der Waals surface area contributed by atoms with Crippen LogP contribution in [0.4, 0.5) is 20.8 Å². The summed E-state index contributed by atoms with van der Waals surface area (Å²) in [7, 11) is 0. The Kier molecular flexibility index (Phi) is 5.75. The van der Waals surface area contributed by atoms with Gasteiger partial charge in [0.25, 0.3) is 0 Å². The summed E-state index contributed by atoms with van der Waals surface area (Å²) in [6, 6.07) is 9.28. The predicted molar refractivity (Wildman–Crippen MR) is 128 cm³/mol. The van der Waals surface area contributed by atoms with E-state index in [0.717, 1.165) is 30.0 Å². The Bertz CT molecular complexity index is 1190. The zero-order chi connectivity index (χ0) is 23.9. The van der Waals surface area contributed by atoms with Gasteiger partial charge in [0.2, 0.25) is 0 Å². The number of ether oxygens (including phenoxy) is 1. The van der Waals surface area contributed by atoms with Gasteiger partial charge >= 0.3 is 6.09 Å². The number of amides is 1. The van der Waals surface area contributed by atoms with Crippen LogP contribution in [0.2, 0.25) is 0 Å². The van der Waals surface area contributed by atoms with E-state index in [4.69, 9.17) is 9.84 Å². The summed E-state index contributed by atoms with van der Waals surface area (Å²) in [4.78, 5) is 22.8. The first-order valence-electron chi connectivity index (χ1n) is 11.7. The minimum atomic E-state index is -1.23. The minimum Gasteiger partial charge on any atom is -0.444 e. The lowest BCUT2D eigenvalue weighted by molar-refractivity contribution is 0.0283. The SMILES string of the molecule is CC(C)(C)OC(=O)N1C[C@H](Nc2cccc(-c3cnc4ccc(NC5CCC5)nn34)n2)[C@@H](F)C1. The number of carbonyl (C=O) groups is 1. The molecule has 0 aromatic carbocycles. The molecule has 180 valence electrons. The van der Waals surface area contributed by atoms with Crippen LogP contribution >= 0.6 is 0 Å². The lowest BCUT2D eigenvalue weighted by Gasteiger charge is -2.26. The van der Waals surface area contributed by atoms with Crippen LogP contribution in [0.25, 0.3) is 17.0 Å². The molecule has 2 aliphatic rings. The Morgan fingerprint density at radius 2 is 1.94 bits per heavy atom. The van der Waals surface area contributed by atoms with E-state index in [-0.39, 0.29) is 13.1 Å². The first-order chi connectivity index (χ1) is 16.2. The molecule has 1 aliphatic heterocycles. The quantitative estimate of drug-likeness (QED) is 0.582. The molecule has 2 N–H and O–H groups in total. The summed E-state index contributed by atoms with van der Waals surface area (Å²) in [6.07, 6.45) is 3.57. The highest BCUT2D eigenvalue weighted by molar-refractivity contribution is 5.69. The highest BCUT2D eigenvalue weighted by atomic mass is 19.1. The maximum atomic E-state index is 14.7. The predicted octanol–water partition coefficient (Wildman–Crippen LogP) is 4.13. The van der Waals surface area contributed by atoms with Crippen molar-refractivity contribution in [3.63, 3.8) is 0 Å². The van der Waals surface area contributed by atoms with Gasteiger partial charge in [0, 0.05) is 12.6 Å². The third-order valence-corrected chi connectivity index (χ3v) is 6.06. The fourth-order valence-electron chi connectivity index (χ4n) is 4.11. The molecule has 2 fully saturated rings. The van der Waals surface area contributed by atoms with E-state index in [1.807, 2.05) is 24.3 Å². The molecule has 0 radical (unpaired) electrons. The van der Waals surface area contributed by atoms with E-state index in [2.05, 4.69) is 20.6 Å². The van der Waals surface area contributed by atoms with Gasteiger partial charge < -0.3 is 20.3 Å². The van der Waals surface area contributed by atoms with Gasteiger partial charge in [-0.15, -0.1) is 5.10 Å². The smallest absolute Gasteiger partial charge is 0.410 e. The van der Waals surface area contributed by atoms with Gasteiger partial charge in [-0.2, -0.15) is 0 Å². The second kappa shape index (κ2) is 8.73. The zero-order valence-electron chi connectivity index (χ0n) is 19.7. The highest BCUT2D eigenvalue weighted by Crippen LogP contribution is 2.25. The van der Waals surface area contributed by atoms with Crippen molar-refractivity contribution in [3.8, 4) is 11.4 Å². The van der Waals surface area contributed by atoms with Crippen molar-refractivity contribution in [3.05, 3.63) is 36.5 Å². The van der Waals surface area contributed by atoms with Crippen molar-refractivity contribution in [2.24, 2.45) is 0 Å². The number of hydrogen-bond acceptors (Lipinski definition) is 7. The van der Waals surface area contributed by atoms with Gasteiger partial charge in [0.15, 0.2) is 5.65 Å². The number of carbonyl (C=O) groups excluding carboxylic acids is 1. The fourth-order valence-corrected chi connectivity index (χ4v) is 4.11. The number of imidazole rings is 1. The van der Waals surface area contributed by atoms with E-state index in [0.29, 0.717) is 17.6 Å². The molecule has 1 aliphatic carbocycles. The topological polar surface area (TPSA) is 96.7 Å². The highest BCUT2D eigenvalue weighted by Gasteiger charge is 2.37. The Morgan fingerprint density at radius 1 is 1.12 bits per heavy atom. The van der Waals surface area contributed by atoms with E-state index < -0.39 is 23.9 Å². The van der Waals surface area contributed by atoms with Crippen molar-refractivity contribution in [2.45, 2.75) is 63.9 Å². The number of halogens is 1. The molecule has 3 aromatic heterocycles. The number of pyridine rings is 1. The first kappa shape index (κ1) is 22.4. The third kappa shape index (κ3) is 4.76. The van der Waals surface area contributed by atoms with Gasteiger partial charge in [0.1, 0.15) is 29.1 Å². The van der Waals surface area contributed by atoms with E-state index in [1.54, 1.807) is 37.5 Å². The van der Waals surface area contributed by atoms with Crippen LogP contribution in [-0.4, -0.2) is 67.5 Å². The maximum absolute atomic E-state index is 14.7. The molecule has 0 spiro atoms. The summed E-state index contributed by atoms with van der Waals surface area (Å²) in [6.45, 7) is 5.57. The Morgan fingerprint density at radius 3 is 2.68 bits per heavy atom. The second-order valence-electron chi connectivity index (χ2n) is 9.96. The van der Waals surface area contributed by atoms with Gasteiger partial charge in [0.05, 0.1) is 24.5 Å². The number of hydrogen-bond donors (Lipinski definition) is 2. The van der Waals surface area contributed by atoms with Crippen molar-refractivity contribution < 1.29 is 13.9 Å². The molecule has 1 amide bonds. The summed E-state index contributed by atoms with van der Waals surface area (Å²) in [5.41, 5.74) is 1.51. The van der Waals surface area contributed by atoms with Crippen LogP contribution in [0.5, 0.6) is 0 Å². The van der Waals surface area contributed by atoms with Crippen molar-refractivity contribution in [2.75, 3.05) is 23.7 Å². The maximum Gasteiger partial charge on any atom is 0.410 e. The molecular weight excluding hydrogens is 437 g/mol.